The molecule has 1 aromatic carbocycles. The Morgan fingerprint density at radius 1 is 1.50 bits per heavy atom. The van der Waals surface area contributed by atoms with Crippen molar-refractivity contribution < 1.29 is 4.79 Å². The van der Waals surface area contributed by atoms with E-state index in [-0.39, 0.29) is 5.91 Å². The molecule has 22 heavy (non-hydrogen) atoms. The second kappa shape index (κ2) is 6.34. The number of thioether (sulfide) groups is 1. The van der Waals surface area contributed by atoms with Gasteiger partial charge in [0.25, 0.3) is 5.91 Å². The summed E-state index contributed by atoms with van der Waals surface area (Å²) in [6.45, 7) is 2.81. The van der Waals surface area contributed by atoms with Crippen LogP contribution < -0.4 is 5.32 Å². The summed E-state index contributed by atoms with van der Waals surface area (Å²) >= 11 is 7.75. The zero-order chi connectivity index (χ0) is 15.7. The summed E-state index contributed by atoms with van der Waals surface area (Å²) < 4.78 is 1.89. The smallest absolute Gasteiger partial charge is 0.258 e. The van der Waals surface area contributed by atoms with Crippen LogP contribution in [0.25, 0.3) is 0 Å². The van der Waals surface area contributed by atoms with Gasteiger partial charge in [0, 0.05) is 17.0 Å². The molecule has 0 spiro atoms. The molecule has 0 unspecified atom stereocenters. The molecule has 4 nitrogen and oxygen atoms in total. The van der Waals surface area contributed by atoms with Gasteiger partial charge in [0.2, 0.25) is 0 Å². The molecule has 0 atom stereocenters. The lowest BCUT2D eigenvalue weighted by atomic mass is 10.2. The van der Waals surface area contributed by atoms with E-state index >= 15 is 0 Å². The zero-order valence-corrected chi connectivity index (χ0v) is 14.2. The third kappa shape index (κ3) is 3.31. The number of amides is 1. The molecular formula is C16H18ClN3OS. The minimum absolute atomic E-state index is 0.193. The number of carbonyl (C=O) groups excluding carboxylic acids is 1. The number of hydrogen-bond donors (Lipinski definition) is 1. The van der Waals surface area contributed by atoms with Crippen LogP contribution in [-0.2, 0) is 6.54 Å². The van der Waals surface area contributed by atoms with Gasteiger partial charge in [-0.3, -0.25) is 4.79 Å². The normalized spacial score (nSPS) is 14.1. The minimum Gasteiger partial charge on any atom is -0.307 e. The highest BCUT2D eigenvalue weighted by molar-refractivity contribution is 7.98. The van der Waals surface area contributed by atoms with Gasteiger partial charge in [-0.2, -0.15) is 5.10 Å². The molecule has 6 heteroatoms. The van der Waals surface area contributed by atoms with Crippen LogP contribution in [0.15, 0.2) is 29.3 Å². The summed E-state index contributed by atoms with van der Waals surface area (Å²) in [7, 11) is 0. The van der Waals surface area contributed by atoms with Crippen LogP contribution in [0.3, 0.4) is 0 Å². The standard InChI is InChI=1S/C16H18ClN3OS/c1-10-8-18-20(9-11-3-4-11)15(10)19-16(21)13-7-12(22-2)5-6-14(13)17/h5-8,11H,3-4,9H2,1-2H3,(H,19,21). The third-order valence-electron chi connectivity index (χ3n) is 3.80. The summed E-state index contributed by atoms with van der Waals surface area (Å²) in [5.41, 5.74) is 1.46. The van der Waals surface area contributed by atoms with E-state index in [1.54, 1.807) is 24.0 Å². The molecule has 0 saturated heterocycles. The predicted molar refractivity (Wildman–Crippen MR) is 90.9 cm³/mol. The van der Waals surface area contributed by atoms with Crippen molar-refractivity contribution in [3.63, 3.8) is 0 Å². The largest absolute Gasteiger partial charge is 0.307 e. The number of aryl methyl sites for hydroxylation is 1. The summed E-state index contributed by atoms with van der Waals surface area (Å²) in [5.74, 6) is 1.27. The highest BCUT2D eigenvalue weighted by Gasteiger charge is 2.24. The molecule has 1 fully saturated rings. The van der Waals surface area contributed by atoms with Crippen LogP contribution in [0, 0.1) is 12.8 Å². The van der Waals surface area contributed by atoms with Crippen LogP contribution in [0.4, 0.5) is 5.82 Å². The Bertz CT molecular complexity index is 709. The molecule has 1 heterocycles. The second-order valence-electron chi connectivity index (χ2n) is 5.60. The Morgan fingerprint density at radius 3 is 2.95 bits per heavy atom. The Morgan fingerprint density at radius 2 is 2.27 bits per heavy atom. The Hall–Kier alpha value is -1.46. The van der Waals surface area contributed by atoms with E-state index in [1.165, 1.54) is 12.8 Å². The van der Waals surface area contributed by atoms with Gasteiger partial charge in [0.05, 0.1) is 16.8 Å². The molecule has 2 aromatic rings. The van der Waals surface area contributed by atoms with Crippen LogP contribution in [0.1, 0.15) is 28.8 Å². The first-order chi connectivity index (χ1) is 10.6. The number of nitrogens with one attached hydrogen (secondary N) is 1. The van der Waals surface area contributed by atoms with E-state index < -0.39 is 0 Å². The van der Waals surface area contributed by atoms with E-state index in [1.807, 2.05) is 30.0 Å². The van der Waals surface area contributed by atoms with Crippen molar-refractivity contribution in [2.75, 3.05) is 11.6 Å². The number of rotatable bonds is 5. The summed E-state index contributed by atoms with van der Waals surface area (Å²) in [5, 5.41) is 7.79. The van der Waals surface area contributed by atoms with Crippen molar-refractivity contribution in [1.29, 1.82) is 0 Å². The Kier molecular flexibility index (Phi) is 4.45. The topological polar surface area (TPSA) is 46.9 Å². The molecule has 1 aliphatic rings. The monoisotopic (exact) mass is 335 g/mol. The molecule has 3 rings (SSSR count). The number of benzene rings is 1. The van der Waals surface area contributed by atoms with Crippen molar-refractivity contribution in [2.45, 2.75) is 31.2 Å². The van der Waals surface area contributed by atoms with E-state index in [4.69, 9.17) is 11.6 Å². The van der Waals surface area contributed by atoms with Gasteiger partial charge in [-0.05, 0) is 50.1 Å². The number of nitrogens with zero attached hydrogens (tertiary/aromatic N) is 2. The summed E-state index contributed by atoms with van der Waals surface area (Å²) in [6, 6.07) is 5.49. The maximum Gasteiger partial charge on any atom is 0.258 e. The zero-order valence-electron chi connectivity index (χ0n) is 12.6. The van der Waals surface area contributed by atoms with Crippen molar-refractivity contribution in [2.24, 2.45) is 5.92 Å². The van der Waals surface area contributed by atoms with E-state index in [2.05, 4.69) is 10.4 Å². The first-order valence-electron chi connectivity index (χ1n) is 7.25. The van der Waals surface area contributed by atoms with Crippen molar-refractivity contribution in [1.82, 2.24) is 9.78 Å². The molecule has 1 saturated carbocycles. The van der Waals surface area contributed by atoms with Crippen LogP contribution in [-0.4, -0.2) is 21.9 Å². The Labute approximate surface area is 139 Å². The van der Waals surface area contributed by atoms with E-state index in [0.29, 0.717) is 16.5 Å². The van der Waals surface area contributed by atoms with Gasteiger partial charge < -0.3 is 5.32 Å². The quantitative estimate of drug-likeness (QED) is 0.832. The van der Waals surface area contributed by atoms with Gasteiger partial charge in [-0.1, -0.05) is 11.6 Å². The second-order valence-corrected chi connectivity index (χ2v) is 6.89. The Balaban J connectivity index is 1.83. The van der Waals surface area contributed by atoms with Crippen LogP contribution in [0.2, 0.25) is 5.02 Å². The number of hydrogen-bond acceptors (Lipinski definition) is 3. The fourth-order valence-corrected chi connectivity index (χ4v) is 2.95. The lowest BCUT2D eigenvalue weighted by molar-refractivity contribution is 0.102. The van der Waals surface area contributed by atoms with Gasteiger partial charge in [-0.15, -0.1) is 11.8 Å². The summed E-state index contributed by atoms with van der Waals surface area (Å²) in [6.07, 6.45) is 6.25. The van der Waals surface area contributed by atoms with Gasteiger partial charge in [-0.25, -0.2) is 4.68 Å². The number of carbonyl (C=O) groups is 1. The number of anilines is 1. The van der Waals surface area contributed by atoms with Crippen molar-refractivity contribution in [3.05, 3.63) is 40.5 Å². The highest BCUT2D eigenvalue weighted by atomic mass is 35.5. The lowest BCUT2D eigenvalue weighted by Crippen LogP contribution is -2.17. The molecule has 0 radical (unpaired) electrons. The molecule has 0 bridgehead atoms. The van der Waals surface area contributed by atoms with E-state index in [0.717, 1.165) is 22.8 Å². The average molecular weight is 336 g/mol. The molecular weight excluding hydrogens is 318 g/mol. The summed E-state index contributed by atoms with van der Waals surface area (Å²) in [4.78, 5) is 13.6. The minimum atomic E-state index is -0.193. The fraction of sp³-hybridized carbons (Fsp3) is 0.375. The SMILES string of the molecule is CSc1ccc(Cl)c(C(=O)Nc2c(C)cnn2CC2CC2)c1. The van der Waals surface area contributed by atoms with Gasteiger partial charge in [0.15, 0.2) is 0 Å². The lowest BCUT2D eigenvalue weighted by Gasteiger charge is -2.11. The van der Waals surface area contributed by atoms with Crippen LogP contribution in [0.5, 0.6) is 0 Å². The molecule has 116 valence electrons. The molecule has 1 aromatic heterocycles. The van der Waals surface area contributed by atoms with Crippen molar-refractivity contribution >= 4 is 35.1 Å². The predicted octanol–water partition coefficient (Wildman–Crippen LogP) is 4.23. The maximum absolute atomic E-state index is 12.6. The van der Waals surface area contributed by atoms with E-state index in [9.17, 15) is 4.79 Å². The first kappa shape index (κ1) is 15.4. The first-order valence-corrected chi connectivity index (χ1v) is 8.86. The number of halogens is 1. The third-order valence-corrected chi connectivity index (χ3v) is 4.86. The molecule has 1 amide bonds. The molecule has 1 N–H and O–H groups in total. The maximum atomic E-state index is 12.6. The van der Waals surface area contributed by atoms with Crippen LogP contribution >= 0.6 is 23.4 Å². The molecule has 1 aliphatic carbocycles. The van der Waals surface area contributed by atoms with Gasteiger partial charge in [0.1, 0.15) is 5.82 Å². The fourth-order valence-electron chi connectivity index (χ4n) is 2.31. The molecule has 0 aliphatic heterocycles. The average Bonchev–Trinajstić information content (AvgIpc) is 3.27. The van der Waals surface area contributed by atoms with Crippen molar-refractivity contribution in [3.8, 4) is 0 Å². The van der Waals surface area contributed by atoms with Gasteiger partial charge >= 0.3 is 0 Å². The number of aromatic nitrogens is 2. The highest BCUT2D eigenvalue weighted by Crippen LogP contribution is 2.32.